The molecule has 1 aromatic rings. The predicted molar refractivity (Wildman–Crippen MR) is 84.2 cm³/mol. The molecule has 3 heteroatoms. The van der Waals surface area contributed by atoms with E-state index < -0.39 is 17.5 Å². The van der Waals surface area contributed by atoms with E-state index in [2.05, 4.69) is 6.92 Å². The lowest BCUT2D eigenvalue weighted by atomic mass is 9.78. The second kappa shape index (κ2) is 8.59. The average Bonchev–Trinajstić information content (AvgIpc) is 2.53. The highest BCUT2D eigenvalue weighted by molar-refractivity contribution is 5.20. The number of benzene rings is 1. The summed E-state index contributed by atoms with van der Waals surface area (Å²) in [7, 11) is 0. The highest BCUT2D eigenvalue weighted by Crippen LogP contribution is 2.34. The van der Waals surface area contributed by atoms with Gasteiger partial charge in [0.1, 0.15) is 0 Å². The average molecular weight is 312 g/mol. The third-order valence-corrected chi connectivity index (χ3v) is 5.12. The molecule has 0 aliphatic heterocycles. The first-order chi connectivity index (χ1) is 10.6. The highest BCUT2D eigenvalue weighted by Gasteiger charge is 2.21. The molecule has 0 saturated heterocycles. The van der Waals surface area contributed by atoms with Crippen LogP contribution in [0.2, 0.25) is 0 Å². The zero-order valence-electron chi connectivity index (χ0n) is 13.5. The van der Waals surface area contributed by atoms with Gasteiger partial charge < -0.3 is 0 Å². The molecule has 1 aliphatic carbocycles. The first-order valence-electron chi connectivity index (χ1n) is 8.74. The van der Waals surface area contributed by atoms with E-state index in [4.69, 9.17) is 0 Å². The molecule has 0 heterocycles. The Morgan fingerprint density at radius 3 is 2.14 bits per heavy atom. The minimum absolute atomic E-state index is 0.309. The molecule has 0 spiro atoms. The molecular weight excluding hydrogens is 285 g/mol. The van der Waals surface area contributed by atoms with Crippen molar-refractivity contribution in [2.45, 2.75) is 71.1 Å². The molecule has 0 nitrogen and oxygen atoms in total. The number of rotatable bonds is 7. The summed E-state index contributed by atoms with van der Waals surface area (Å²) in [5.74, 6) is -1.98. The second-order valence-electron chi connectivity index (χ2n) is 6.76. The van der Waals surface area contributed by atoms with Gasteiger partial charge in [0.25, 0.3) is 0 Å². The largest absolute Gasteiger partial charge is 0.204 e. The second-order valence-corrected chi connectivity index (χ2v) is 6.76. The van der Waals surface area contributed by atoms with Gasteiger partial charge in [-0.3, -0.25) is 0 Å². The normalized spacial score (nSPS) is 22.0. The van der Waals surface area contributed by atoms with Crippen LogP contribution in [0.1, 0.15) is 70.3 Å². The maximum atomic E-state index is 13.6. The standard InChI is InChI=1S/C19H27F3/c1-2-3-4-5-14-6-8-15(9-7-14)10-11-16-12-13-17(20)19(22)18(16)21/h12-15H,2-11H2,1H3/t14-,15-. The summed E-state index contributed by atoms with van der Waals surface area (Å²) in [5.41, 5.74) is 0.309. The van der Waals surface area contributed by atoms with E-state index in [1.807, 2.05) is 0 Å². The topological polar surface area (TPSA) is 0 Å². The summed E-state index contributed by atoms with van der Waals surface area (Å²) in [4.78, 5) is 0. The number of unbranched alkanes of at least 4 members (excludes halogenated alkanes) is 2. The van der Waals surface area contributed by atoms with Crippen LogP contribution in [0, 0.1) is 29.3 Å². The van der Waals surface area contributed by atoms with E-state index in [0.717, 1.165) is 18.4 Å². The quantitative estimate of drug-likeness (QED) is 0.402. The number of aryl methyl sites for hydroxylation is 1. The van der Waals surface area contributed by atoms with Crippen molar-refractivity contribution < 1.29 is 13.2 Å². The molecule has 1 aliphatic rings. The van der Waals surface area contributed by atoms with Gasteiger partial charge in [0.2, 0.25) is 0 Å². The maximum Gasteiger partial charge on any atom is 0.194 e. The van der Waals surface area contributed by atoms with Gasteiger partial charge in [0, 0.05) is 0 Å². The summed E-state index contributed by atoms with van der Waals surface area (Å²) in [6.45, 7) is 2.23. The molecule has 2 rings (SSSR count). The fourth-order valence-electron chi connectivity index (χ4n) is 3.61. The van der Waals surface area contributed by atoms with Crippen LogP contribution in [0.3, 0.4) is 0 Å². The molecule has 0 amide bonds. The van der Waals surface area contributed by atoms with E-state index >= 15 is 0 Å². The number of halogens is 3. The molecule has 0 bridgehead atoms. The van der Waals surface area contributed by atoms with E-state index in [1.54, 1.807) is 0 Å². The van der Waals surface area contributed by atoms with E-state index in [0.29, 0.717) is 17.9 Å². The van der Waals surface area contributed by atoms with Crippen LogP contribution in [-0.4, -0.2) is 0 Å². The van der Waals surface area contributed by atoms with Crippen LogP contribution >= 0.6 is 0 Å². The van der Waals surface area contributed by atoms with E-state index in [1.165, 1.54) is 57.4 Å². The van der Waals surface area contributed by atoms with Crippen LogP contribution in [0.4, 0.5) is 13.2 Å². The Morgan fingerprint density at radius 2 is 1.50 bits per heavy atom. The van der Waals surface area contributed by atoms with Gasteiger partial charge >= 0.3 is 0 Å². The summed E-state index contributed by atoms with van der Waals surface area (Å²) < 4.78 is 39.8. The molecule has 22 heavy (non-hydrogen) atoms. The summed E-state index contributed by atoms with van der Waals surface area (Å²) in [5, 5.41) is 0. The Balaban J connectivity index is 1.74. The molecular formula is C19H27F3. The van der Waals surface area contributed by atoms with Gasteiger partial charge in [0.05, 0.1) is 0 Å². The van der Waals surface area contributed by atoms with Crippen LogP contribution in [-0.2, 0) is 6.42 Å². The Morgan fingerprint density at radius 1 is 0.864 bits per heavy atom. The van der Waals surface area contributed by atoms with Gasteiger partial charge in [-0.15, -0.1) is 0 Å². The van der Waals surface area contributed by atoms with Crippen LogP contribution < -0.4 is 0 Å². The fraction of sp³-hybridized carbons (Fsp3) is 0.684. The summed E-state index contributed by atoms with van der Waals surface area (Å²) in [6.07, 6.45) is 11.6. The van der Waals surface area contributed by atoms with Crippen molar-refractivity contribution in [2.24, 2.45) is 11.8 Å². The molecule has 1 fully saturated rings. The molecule has 0 atom stereocenters. The Kier molecular flexibility index (Phi) is 6.78. The SMILES string of the molecule is CCCCC[C@H]1CC[C@H](CCc2ccc(F)c(F)c2F)CC1. The smallest absolute Gasteiger partial charge is 0.194 e. The van der Waals surface area contributed by atoms with Gasteiger partial charge in [-0.05, 0) is 36.3 Å². The maximum absolute atomic E-state index is 13.6. The minimum atomic E-state index is -1.34. The van der Waals surface area contributed by atoms with Crippen molar-refractivity contribution >= 4 is 0 Å². The summed E-state index contributed by atoms with van der Waals surface area (Å²) in [6, 6.07) is 2.41. The Labute approximate surface area is 132 Å². The molecule has 1 aromatic carbocycles. The molecule has 124 valence electrons. The summed E-state index contributed by atoms with van der Waals surface area (Å²) >= 11 is 0. The first kappa shape index (κ1) is 17.4. The third kappa shape index (κ3) is 4.76. The van der Waals surface area contributed by atoms with Gasteiger partial charge in [0.15, 0.2) is 17.5 Å². The van der Waals surface area contributed by atoms with Crippen molar-refractivity contribution in [3.63, 3.8) is 0 Å². The van der Waals surface area contributed by atoms with Crippen molar-refractivity contribution in [1.29, 1.82) is 0 Å². The number of hydrogen-bond acceptors (Lipinski definition) is 0. The van der Waals surface area contributed by atoms with Gasteiger partial charge in [-0.1, -0.05) is 64.4 Å². The monoisotopic (exact) mass is 312 g/mol. The third-order valence-electron chi connectivity index (χ3n) is 5.12. The van der Waals surface area contributed by atoms with Crippen LogP contribution in [0.25, 0.3) is 0 Å². The van der Waals surface area contributed by atoms with E-state index in [9.17, 15) is 13.2 Å². The van der Waals surface area contributed by atoms with Gasteiger partial charge in [-0.25, -0.2) is 13.2 Å². The first-order valence-corrected chi connectivity index (χ1v) is 8.74. The van der Waals surface area contributed by atoms with E-state index in [-0.39, 0.29) is 0 Å². The van der Waals surface area contributed by atoms with Crippen LogP contribution in [0.5, 0.6) is 0 Å². The molecule has 0 radical (unpaired) electrons. The highest BCUT2D eigenvalue weighted by atomic mass is 19.2. The molecule has 0 N–H and O–H groups in total. The molecule has 0 unspecified atom stereocenters. The fourth-order valence-corrected chi connectivity index (χ4v) is 3.61. The Bertz CT molecular complexity index is 462. The lowest BCUT2D eigenvalue weighted by Crippen LogP contribution is -2.15. The van der Waals surface area contributed by atoms with Crippen molar-refractivity contribution in [3.05, 3.63) is 35.1 Å². The van der Waals surface area contributed by atoms with Crippen LogP contribution in [0.15, 0.2) is 12.1 Å². The van der Waals surface area contributed by atoms with Gasteiger partial charge in [-0.2, -0.15) is 0 Å². The zero-order chi connectivity index (χ0) is 15.9. The zero-order valence-corrected chi connectivity index (χ0v) is 13.5. The lowest BCUT2D eigenvalue weighted by molar-refractivity contribution is 0.248. The lowest BCUT2D eigenvalue weighted by Gasteiger charge is -2.28. The predicted octanol–water partition coefficient (Wildman–Crippen LogP) is 6.42. The van der Waals surface area contributed by atoms with Crippen molar-refractivity contribution in [3.8, 4) is 0 Å². The van der Waals surface area contributed by atoms with Crippen molar-refractivity contribution in [1.82, 2.24) is 0 Å². The molecule has 0 aromatic heterocycles. The number of hydrogen-bond donors (Lipinski definition) is 0. The molecule has 1 saturated carbocycles. The van der Waals surface area contributed by atoms with Crippen molar-refractivity contribution in [2.75, 3.05) is 0 Å². The Hall–Kier alpha value is -0.990. The minimum Gasteiger partial charge on any atom is -0.204 e.